The largest absolute Gasteiger partial charge is 0.504 e. The molecule has 2 aromatic rings. The summed E-state index contributed by atoms with van der Waals surface area (Å²) in [6, 6.07) is 5.95. The van der Waals surface area contributed by atoms with Crippen molar-refractivity contribution in [2.24, 2.45) is 7.05 Å². The van der Waals surface area contributed by atoms with Gasteiger partial charge in [-0.2, -0.15) is 16.9 Å². The number of hydrogen-bond donors (Lipinski definition) is 1. The van der Waals surface area contributed by atoms with Gasteiger partial charge in [-0.25, -0.2) is 0 Å². The first-order valence-corrected chi connectivity index (χ1v) is 8.49. The first-order chi connectivity index (χ1) is 10.7. The van der Waals surface area contributed by atoms with Crippen LogP contribution < -0.4 is 4.74 Å². The molecule has 6 heteroatoms. The maximum atomic E-state index is 9.72. The number of rotatable bonds is 4. The van der Waals surface area contributed by atoms with Crippen LogP contribution in [0.2, 0.25) is 0 Å². The first-order valence-electron chi connectivity index (χ1n) is 7.33. The van der Waals surface area contributed by atoms with Crippen LogP contribution in [0.3, 0.4) is 0 Å². The number of phenolic OH excluding ortho intramolecular Hbond substituents is 1. The monoisotopic (exact) mass is 319 g/mol. The minimum atomic E-state index is 0.184. The molecule has 1 N–H and O–H groups in total. The average molecular weight is 319 g/mol. The van der Waals surface area contributed by atoms with Gasteiger partial charge in [-0.3, -0.25) is 9.58 Å². The summed E-state index contributed by atoms with van der Waals surface area (Å²) in [5.41, 5.74) is 2.41. The molecule has 0 saturated carbocycles. The smallest absolute Gasteiger partial charge is 0.160 e. The molecular weight excluding hydrogens is 298 g/mol. The number of thioether (sulfide) groups is 1. The minimum Gasteiger partial charge on any atom is -0.504 e. The van der Waals surface area contributed by atoms with E-state index in [4.69, 9.17) is 4.74 Å². The van der Waals surface area contributed by atoms with Crippen LogP contribution in [-0.2, 0) is 13.6 Å². The fraction of sp³-hybridized carbons (Fsp3) is 0.438. The Bertz CT molecular complexity index is 644. The lowest BCUT2D eigenvalue weighted by molar-refractivity contribution is 0.211. The Morgan fingerprint density at radius 1 is 1.45 bits per heavy atom. The third kappa shape index (κ3) is 3.23. The topological polar surface area (TPSA) is 50.5 Å². The molecule has 1 aliphatic heterocycles. The highest BCUT2D eigenvalue weighted by Crippen LogP contribution is 2.32. The molecule has 0 bridgehead atoms. The number of hydrogen-bond acceptors (Lipinski definition) is 5. The quantitative estimate of drug-likeness (QED) is 0.938. The van der Waals surface area contributed by atoms with Gasteiger partial charge in [-0.05, 0) is 17.7 Å². The third-order valence-corrected chi connectivity index (χ3v) is 5.00. The maximum Gasteiger partial charge on any atom is 0.160 e. The van der Waals surface area contributed by atoms with E-state index < -0.39 is 0 Å². The van der Waals surface area contributed by atoms with Gasteiger partial charge < -0.3 is 9.84 Å². The number of aryl methyl sites for hydroxylation is 1. The average Bonchev–Trinajstić information content (AvgIpc) is 2.96. The zero-order valence-electron chi connectivity index (χ0n) is 12.9. The second kappa shape index (κ2) is 6.62. The third-order valence-electron chi connectivity index (χ3n) is 3.98. The van der Waals surface area contributed by atoms with E-state index in [0.717, 1.165) is 30.2 Å². The molecule has 1 aromatic carbocycles. The van der Waals surface area contributed by atoms with E-state index in [9.17, 15) is 5.11 Å². The van der Waals surface area contributed by atoms with Crippen molar-refractivity contribution in [2.45, 2.75) is 12.6 Å². The van der Waals surface area contributed by atoms with E-state index in [2.05, 4.69) is 16.2 Å². The summed E-state index contributed by atoms with van der Waals surface area (Å²) in [5.74, 6) is 2.94. The molecule has 0 spiro atoms. The van der Waals surface area contributed by atoms with Gasteiger partial charge >= 0.3 is 0 Å². The van der Waals surface area contributed by atoms with E-state index >= 15 is 0 Å². The van der Waals surface area contributed by atoms with Gasteiger partial charge in [0.25, 0.3) is 0 Å². The van der Waals surface area contributed by atoms with Crippen LogP contribution in [0, 0.1) is 0 Å². The number of methoxy groups -OCH3 is 1. The zero-order chi connectivity index (χ0) is 15.5. The molecule has 2 heterocycles. The van der Waals surface area contributed by atoms with Crippen molar-refractivity contribution in [1.82, 2.24) is 14.7 Å². The molecule has 1 aliphatic rings. The van der Waals surface area contributed by atoms with Gasteiger partial charge in [0.2, 0.25) is 0 Å². The standard InChI is InChI=1S/C16H21N3O2S/c1-18-10-13(8-17-18)14-11-22-6-5-19(14)9-12-3-4-15(20)16(7-12)21-2/h3-4,7-8,10,14,20H,5-6,9,11H2,1-2H3/t14-/m0/s1. The lowest BCUT2D eigenvalue weighted by Gasteiger charge is -2.35. The van der Waals surface area contributed by atoms with Gasteiger partial charge in [0.05, 0.1) is 13.3 Å². The molecule has 0 unspecified atom stereocenters. The number of benzene rings is 1. The van der Waals surface area contributed by atoms with Crippen molar-refractivity contribution in [2.75, 3.05) is 25.2 Å². The highest BCUT2D eigenvalue weighted by atomic mass is 32.2. The van der Waals surface area contributed by atoms with Crippen molar-refractivity contribution in [3.63, 3.8) is 0 Å². The molecule has 0 aliphatic carbocycles. The summed E-state index contributed by atoms with van der Waals surface area (Å²) in [4.78, 5) is 2.47. The van der Waals surface area contributed by atoms with Gasteiger partial charge in [-0.15, -0.1) is 0 Å². The van der Waals surface area contributed by atoms with Crippen LogP contribution in [0.4, 0.5) is 0 Å². The highest BCUT2D eigenvalue weighted by Gasteiger charge is 2.25. The number of phenols is 1. The minimum absolute atomic E-state index is 0.184. The van der Waals surface area contributed by atoms with E-state index in [1.807, 2.05) is 41.8 Å². The van der Waals surface area contributed by atoms with Crippen LogP contribution in [0.25, 0.3) is 0 Å². The van der Waals surface area contributed by atoms with Crippen molar-refractivity contribution in [3.8, 4) is 11.5 Å². The summed E-state index contributed by atoms with van der Waals surface area (Å²) in [7, 11) is 3.53. The van der Waals surface area contributed by atoms with Gasteiger partial charge in [0.15, 0.2) is 11.5 Å². The second-order valence-corrected chi connectivity index (χ2v) is 6.66. The van der Waals surface area contributed by atoms with E-state index in [1.54, 1.807) is 13.2 Å². The number of aromatic nitrogens is 2. The summed E-state index contributed by atoms with van der Waals surface area (Å²) < 4.78 is 7.06. The van der Waals surface area contributed by atoms with Gasteiger partial charge in [0, 0.05) is 49.4 Å². The Labute approximate surface area is 134 Å². The summed E-state index contributed by atoms with van der Waals surface area (Å²) in [5, 5.41) is 14.0. The van der Waals surface area contributed by atoms with E-state index in [1.165, 1.54) is 5.56 Å². The predicted octanol–water partition coefficient (Wildman–Crippen LogP) is 2.42. The Morgan fingerprint density at radius 3 is 3.05 bits per heavy atom. The molecule has 5 nitrogen and oxygen atoms in total. The second-order valence-electron chi connectivity index (χ2n) is 5.51. The molecule has 1 saturated heterocycles. The Hall–Kier alpha value is -1.66. The molecule has 22 heavy (non-hydrogen) atoms. The Balaban J connectivity index is 1.79. The predicted molar refractivity (Wildman–Crippen MR) is 88.3 cm³/mol. The SMILES string of the molecule is COc1cc(CN2CCSC[C@H]2c2cnn(C)c2)ccc1O. The van der Waals surface area contributed by atoms with Crippen molar-refractivity contribution < 1.29 is 9.84 Å². The molecule has 0 amide bonds. The Morgan fingerprint density at radius 2 is 2.32 bits per heavy atom. The van der Waals surface area contributed by atoms with Crippen molar-refractivity contribution >= 4 is 11.8 Å². The van der Waals surface area contributed by atoms with Crippen LogP contribution in [0.1, 0.15) is 17.2 Å². The van der Waals surface area contributed by atoms with Gasteiger partial charge in [0.1, 0.15) is 0 Å². The van der Waals surface area contributed by atoms with Crippen molar-refractivity contribution in [3.05, 3.63) is 41.7 Å². The fourth-order valence-corrected chi connectivity index (χ4v) is 3.96. The first kappa shape index (κ1) is 15.2. The van der Waals surface area contributed by atoms with Crippen LogP contribution in [0.15, 0.2) is 30.6 Å². The number of aromatic hydroxyl groups is 1. The van der Waals surface area contributed by atoms with Crippen LogP contribution >= 0.6 is 11.8 Å². The molecule has 1 aromatic heterocycles. The zero-order valence-corrected chi connectivity index (χ0v) is 13.7. The van der Waals surface area contributed by atoms with Crippen molar-refractivity contribution in [1.29, 1.82) is 0 Å². The summed E-state index contributed by atoms with van der Waals surface area (Å²) in [6.07, 6.45) is 4.06. The summed E-state index contributed by atoms with van der Waals surface area (Å²) >= 11 is 1.99. The Kier molecular flexibility index (Phi) is 4.59. The molecule has 0 radical (unpaired) electrons. The maximum absolute atomic E-state index is 9.72. The normalized spacial score (nSPS) is 19.3. The van der Waals surface area contributed by atoms with E-state index in [-0.39, 0.29) is 5.75 Å². The fourth-order valence-electron chi connectivity index (χ4n) is 2.80. The highest BCUT2D eigenvalue weighted by molar-refractivity contribution is 7.99. The van der Waals surface area contributed by atoms with Crippen LogP contribution in [-0.4, -0.2) is 44.9 Å². The molecule has 3 rings (SSSR count). The van der Waals surface area contributed by atoms with Crippen LogP contribution in [0.5, 0.6) is 11.5 Å². The number of nitrogens with zero attached hydrogens (tertiary/aromatic N) is 3. The van der Waals surface area contributed by atoms with E-state index in [0.29, 0.717) is 11.8 Å². The molecule has 118 valence electrons. The number of ether oxygens (including phenoxy) is 1. The lowest BCUT2D eigenvalue weighted by atomic mass is 10.1. The van der Waals surface area contributed by atoms with Gasteiger partial charge in [-0.1, -0.05) is 6.07 Å². The molecular formula is C16H21N3O2S. The molecule has 1 fully saturated rings. The lowest BCUT2D eigenvalue weighted by Crippen LogP contribution is -2.35. The molecule has 1 atom stereocenters. The summed E-state index contributed by atoms with van der Waals surface area (Å²) in [6.45, 7) is 1.89.